The molecule has 0 aliphatic carbocycles. The third-order valence-electron chi connectivity index (χ3n) is 4.43. The van der Waals surface area contributed by atoms with Gasteiger partial charge in [0.05, 0.1) is 11.9 Å². The Hall–Kier alpha value is -3.36. The third kappa shape index (κ3) is 4.08. The molecule has 1 aromatic carbocycles. The number of para-hydroxylation sites is 1. The summed E-state index contributed by atoms with van der Waals surface area (Å²) in [6.07, 6.45) is 3.51. The standard InChI is InChI=1S/C18H22N6O3/c1-2-23(18(27)21-13-10-20-22(11-13)12-16(19)25)15-8-9-24(17(15)26)14-6-4-3-5-7-14/h3-7,10-11,15H,2,8-9,12H2,1H3,(H2,19,25)(H,21,27). The number of urea groups is 1. The Morgan fingerprint density at radius 3 is 2.74 bits per heavy atom. The van der Waals surface area contributed by atoms with Crippen molar-refractivity contribution in [1.82, 2.24) is 14.7 Å². The van der Waals surface area contributed by atoms with E-state index in [1.54, 1.807) is 4.90 Å². The first-order valence-corrected chi connectivity index (χ1v) is 8.74. The van der Waals surface area contributed by atoms with Crippen molar-refractivity contribution in [3.8, 4) is 0 Å². The van der Waals surface area contributed by atoms with Gasteiger partial charge in [-0.1, -0.05) is 18.2 Å². The van der Waals surface area contributed by atoms with Crippen LogP contribution in [0.4, 0.5) is 16.2 Å². The highest BCUT2D eigenvalue weighted by Crippen LogP contribution is 2.24. The zero-order chi connectivity index (χ0) is 19.4. The van der Waals surface area contributed by atoms with Gasteiger partial charge in [0.15, 0.2) is 0 Å². The number of carbonyl (C=O) groups is 3. The largest absolute Gasteiger partial charge is 0.368 e. The number of nitrogens with two attached hydrogens (primary N) is 1. The van der Waals surface area contributed by atoms with Gasteiger partial charge in [-0.2, -0.15) is 5.10 Å². The van der Waals surface area contributed by atoms with Crippen LogP contribution >= 0.6 is 0 Å². The van der Waals surface area contributed by atoms with Crippen LogP contribution in [-0.2, 0) is 16.1 Å². The highest BCUT2D eigenvalue weighted by molar-refractivity contribution is 6.02. The maximum absolute atomic E-state index is 12.8. The summed E-state index contributed by atoms with van der Waals surface area (Å²) in [7, 11) is 0. The topological polar surface area (TPSA) is 114 Å². The summed E-state index contributed by atoms with van der Waals surface area (Å²) in [5.41, 5.74) is 6.39. The van der Waals surface area contributed by atoms with Crippen molar-refractivity contribution in [3.05, 3.63) is 42.7 Å². The summed E-state index contributed by atoms with van der Waals surface area (Å²) in [4.78, 5) is 39.6. The third-order valence-corrected chi connectivity index (χ3v) is 4.43. The molecule has 2 heterocycles. The Morgan fingerprint density at radius 2 is 2.07 bits per heavy atom. The molecule has 2 aromatic rings. The van der Waals surface area contributed by atoms with E-state index in [1.165, 1.54) is 22.0 Å². The molecule has 1 aromatic heterocycles. The van der Waals surface area contributed by atoms with Crippen molar-refractivity contribution in [2.75, 3.05) is 23.3 Å². The van der Waals surface area contributed by atoms with Crippen LogP contribution < -0.4 is 16.0 Å². The summed E-state index contributed by atoms with van der Waals surface area (Å²) >= 11 is 0. The van der Waals surface area contributed by atoms with Crippen LogP contribution in [0.3, 0.4) is 0 Å². The van der Waals surface area contributed by atoms with Gasteiger partial charge in [-0.3, -0.25) is 14.3 Å². The molecule has 142 valence electrons. The minimum atomic E-state index is -0.524. The number of carbonyl (C=O) groups excluding carboxylic acids is 3. The van der Waals surface area contributed by atoms with E-state index < -0.39 is 11.9 Å². The molecule has 3 N–H and O–H groups in total. The molecule has 1 unspecified atom stereocenters. The Balaban J connectivity index is 1.67. The molecule has 0 bridgehead atoms. The SMILES string of the molecule is CCN(C(=O)Nc1cnn(CC(N)=O)c1)C1CCN(c2ccccc2)C1=O. The minimum Gasteiger partial charge on any atom is -0.368 e. The molecule has 1 fully saturated rings. The lowest BCUT2D eigenvalue weighted by molar-refractivity contribution is -0.121. The lowest BCUT2D eigenvalue weighted by Gasteiger charge is -2.26. The van der Waals surface area contributed by atoms with E-state index in [-0.39, 0.29) is 18.5 Å². The Kier molecular flexibility index (Phi) is 5.39. The fourth-order valence-corrected chi connectivity index (χ4v) is 3.19. The number of aromatic nitrogens is 2. The second-order valence-corrected chi connectivity index (χ2v) is 6.24. The Labute approximate surface area is 156 Å². The fourth-order valence-electron chi connectivity index (χ4n) is 3.19. The van der Waals surface area contributed by atoms with Gasteiger partial charge in [0.1, 0.15) is 12.6 Å². The molecule has 0 radical (unpaired) electrons. The zero-order valence-electron chi connectivity index (χ0n) is 15.0. The molecule has 3 rings (SSSR count). The first-order chi connectivity index (χ1) is 13.0. The molecule has 0 saturated carbocycles. The monoisotopic (exact) mass is 370 g/mol. The van der Waals surface area contributed by atoms with Crippen LogP contribution in [0.5, 0.6) is 0 Å². The van der Waals surface area contributed by atoms with Crippen LogP contribution in [0.25, 0.3) is 0 Å². The van der Waals surface area contributed by atoms with Crippen LogP contribution in [0, 0.1) is 0 Å². The van der Waals surface area contributed by atoms with Crippen LogP contribution in [0.15, 0.2) is 42.7 Å². The van der Waals surface area contributed by atoms with Crippen molar-refractivity contribution >= 4 is 29.2 Å². The lowest BCUT2D eigenvalue weighted by Crippen LogP contribution is -2.47. The van der Waals surface area contributed by atoms with E-state index in [9.17, 15) is 14.4 Å². The molecule has 1 aliphatic rings. The second kappa shape index (κ2) is 7.90. The maximum Gasteiger partial charge on any atom is 0.322 e. The maximum atomic E-state index is 12.8. The van der Waals surface area contributed by atoms with Crippen molar-refractivity contribution < 1.29 is 14.4 Å². The number of hydrogen-bond acceptors (Lipinski definition) is 4. The van der Waals surface area contributed by atoms with Gasteiger partial charge >= 0.3 is 6.03 Å². The molecule has 4 amide bonds. The van der Waals surface area contributed by atoms with Crippen molar-refractivity contribution in [1.29, 1.82) is 0 Å². The fraction of sp³-hybridized carbons (Fsp3) is 0.333. The molecular formula is C18H22N6O3. The summed E-state index contributed by atoms with van der Waals surface area (Å²) in [6.45, 7) is 2.71. The average Bonchev–Trinajstić information content (AvgIpc) is 3.23. The summed E-state index contributed by atoms with van der Waals surface area (Å²) in [5.74, 6) is -0.619. The van der Waals surface area contributed by atoms with Crippen molar-refractivity contribution in [2.24, 2.45) is 5.73 Å². The van der Waals surface area contributed by atoms with Gasteiger partial charge < -0.3 is 20.9 Å². The van der Waals surface area contributed by atoms with E-state index in [2.05, 4.69) is 10.4 Å². The number of likely N-dealkylation sites (N-methyl/N-ethyl adjacent to an activating group) is 1. The molecule has 1 aliphatic heterocycles. The molecule has 0 spiro atoms. The highest BCUT2D eigenvalue weighted by Gasteiger charge is 2.38. The molecule has 27 heavy (non-hydrogen) atoms. The smallest absolute Gasteiger partial charge is 0.322 e. The highest BCUT2D eigenvalue weighted by atomic mass is 16.2. The van der Waals surface area contributed by atoms with E-state index in [0.717, 1.165) is 5.69 Å². The van der Waals surface area contributed by atoms with E-state index in [4.69, 9.17) is 5.73 Å². The van der Waals surface area contributed by atoms with Gasteiger partial charge in [0.2, 0.25) is 11.8 Å². The van der Waals surface area contributed by atoms with E-state index >= 15 is 0 Å². The van der Waals surface area contributed by atoms with Crippen LogP contribution in [0.1, 0.15) is 13.3 Å². The lowest BCUT2D eigenvalue weighted by atomic mass is 10.2. The number of primary amides is 1. The number of nitrogens with one attached hydrogen (secondary N) is 1. The number of amides is 4. The van der Waals surface area contributed by atoms with Gasteiger partial charge in [0, 0.05) is 25.0 Å². The molecule has 9 nitrogen and oxygen atoms in total. The van der Waals surface area contributed by atoms with Crippen molar-refractivity contribution in [3.63, 3.8) is 0 Å². The first kappa shape index (κ1) is 18.4. The quantitative estimate of drug-likeness (QED) is 0.790. The molecule has 9 heteroatoms. The van der Waals surface area contributed by atoms with Gasteiger partial charge in [-0.15, -0.1) is 0 Å². The summed E-state index contributed by atoms with van der Waals surface area (Å²) in [5, 5.41) is 6.69. The van der Waals surface area contributed by atoms with Crippen LogP contribution in [-0.4, -0.2) is 51.7 Å². The average molecular weight is 370 g/mol. The van der Waals surface area contributed by atoms with E-state index in [0.29, 0.717) is 25.2 Å². The van der Waals surface area contributed by atoms with Crippen LogP contribution in [0.2, 0.25) is 0 Å². The number of rotatable bonds is 6. The molecular weight excluding hydrogens is 348 g/mol. The molecule has 1 saturated heterocycles. The number of nitrogens with zero attached hydrogens (tertiary/aromatic N) is 4. The van der Waals surface area contributed by atoms with Gasteiger partial charge in [0.25, 0.3) is 0 Å². The van der Waals surface area contributed by atoms with E-state index in [1.807, 2.05) is 37.3 Å². The number of benzene rings is 1. The van der Waals surface area contributed by atoms with Crippen molar-refractivity contribution in [2.45, 2.75) is 25.9 Å². The minimum absolute atomic E-state index is 0.0689. The predicted molar refractivity (Wildman–Crippen MR) is 100 cm³/mol. The first-order valence-electron chi connectivity index (χ1n) is 8.74. The second-order valence-electron chi connectivity index (χ2n) is 6.24. The molecule has 1 atom stereocenters. The normalized spacial score (nSPS) is 16.4. The number of hydrogen-bond donors (Lipinski definition) is 2. The Bertz CT molecular complexity index is 835. The Morgan fingerprint density at radius 1 is 1.33 bits per heavy atom. The zero-order valence-corrected chi connectivity index (χ0v) is 15.0. The number of anilines is 2. The summed E-state index contributed by atoms with van der Waals surface area (Å²) in [6, 6.07) is 8.51. The summed E-state index contributed by atoms with van der Waals surface area (Å²) < 4.78 is 1.34. The van der Waals surface area contributed by atoms with Gasteiger partial charge in [-0.05, 0) is 25.5 Å². The predicted octanol–water partition coefficient (Wildman–Crippen LogP) is 1.03. The van der Waals surface area contributed by atoms with Gasteiger partial charge in [-0.25, -0.2) is 4.79 Å².